The molecule has 0 radical (unpaired) electrons. The van der Waals surface area contributed by atoms with E-state index in [2.05, 4.69) is 37.2 Å². The number of aromatic nitrogens is 3. The first kappa shape index (κ1) is 14.0. The van der Waals surface area contributed by atoms with Gasteiger partial charge in [0, 0.05) is 0 Å². The Labute approximate surface area is 141 Å². The number of fused-ring (bicyclic) bond motifs is 1. The zero-order chi connectivity index (χ0) is 14.9. The lowest BCUT2D eigenvalue weighted by molar-refractivity contribution is 0.486. The van der Waals surface area contributed by atoms with Crippen molar-refractivity contribution in [3.63, 3.8) is 0 Å². The van der Waals surface area contributed by atoms with Crippen LogP contribution in [0.3, 0.4) is 0 Å². The lowest BCUT2D eigenvalue weighted by atomic mass is 10.3. The van der Waals surface area contributed by atoms with Crippen LogP contribution >= 0.6 is 39.0 Å². The van der Waals surface area contributed by atoms with Gasteiger partial charge < -0.3 is 8.83 Å². The first-order chi connectivity index (χ1) is 10.8. The zero-order valence-corrected chi connectivity index (χ0v) is 14.2. The summed E-state index contributed by atoms with van der Waals surface area (Å²) in [5, 5.41) is 8.03. The van der Waals surface area contributed by atoms with Crippen LogP contribution in [0.4, 0.5) is 0 Å². The number of hydrogen-bond donors (Lipinski definition) is 0. The molecule has 0 amide bonds. The SMILES string of the molecule is Brc1ccc(-c2nnc(CSc3nc4ccccc4s3)o2)o1. The van der Waals surface area contributed by atoms with Crippen LogP contribution in [0.5, 0.6) is 0 Å². The molecule has 0 aliphatic rings. The van der Waals surface area contributed by atoms with Gasteiger partial charge in [0.2, 0.25) is 5.89 Å². The molecule has 1 aromatic carbocycles. The van der Waals surface area contributed by atoms with Gasteiger partial charge in [0.1, 0.15) is 0 Å². The van der Waals surface area contributed by atoms with Crippen molar-refractivity contribution < 1.29 is 8.83 Å². The highest BCUT2D eigenvalue weighted by Gasteiger charge is 2.13. The van der Waals surface area contributed by atoms with Gasteiger partial charge in [-0.05, 0) is 40.2 Å². The van der Waals surface area contributed by atoms with E-state index in [-0.39, 0.29) is 0 Å². The molecule has 0 aliphatic heterocycles. The van der Waals surface area contributed by atoms with E-state index in [1.807, 2.05) is 18.2 Å². The maximum absolute atomic E-state index is 5.60. The van der Waals surface area contributed by atoms with E-state index in [1.165, 1.54) is 4.70 Å². The van der Waals surface area contributed by atoms with Crippen LogP contribution in [0.2, 0.25) is 0 Å². The summed E-state index contributed by atoms with van der Waals surface area (Å²) in [5.74, 6) is 2.06. The Morgan fingerprint density at radius 2 is 2.00 bits per heavy atom. The second-order valence-corrected chi connectivity index (χ2v) is 7.38. The Morgan fingerprint density at radius 1 is 1.09 bits per heavy atom. The standard InChI is InChI=1S/C14H8BrN3O2S2/c15-11-6-5-9(19-11)13-18-17-12(20-13)7-21-14-16-8-3-1-2-4-10(8)22-14/h1-6H,7H2. The van der Waals surface area contributed by atoms with E-state index in [9.17, 15) is 0 Å². The number of para-hydroxylation sites is 1. The lowest BCUT2D eigenvalue weighted by Crippen LogP contribution is -1.79. The first-order valence-electron chi connectivity index (χ1n) is 6.34. The number of thioether (sulfide) groups is 1. The van der Waals surface area contributed by atoms with Crippen LogP contribution in [0.15, 0.2) is 54.2 Å². The molecular weight excluding hydrogens is 386 g/mol. The molecule has 0 atom stereocenters. The van der Waals surface area contributed by atoms with E-state index >= 15 is 0 Å². The van der Waals surface area contributed by atoms with Crippen molar-refractivity contribution in [3.05, 3.63) is 47.0 Å². The van der Waals surface area contributed by atoms with Crippen molar-refractivity contribution in [2.75, 3.05) is 0 Å². The van der Waals surface area contributed by atoms with E-state index in [0.717, 1.165) is 9.86 Å². The highest BCUT2D eigenvalue weighted by atomic mass is 79.9. The Kier molecular flexibility index (Phi) is 3.73. The number of hydrogen-bond acceptors (Lipinski definition) is 7. The number of nitrogens with zero attached hydrogens (tertiary/aromatic N) is 3. The summed E-state index contributed by atoms with van der Waals surface area (Å²) < 4.78 is 13.8. The van der Waals surface area contributed by atoms with Gasteiger partial charge in [0.15, 0.2) is 14.8 Å². The van der Waals surface area contributed by atoms with Gasteiger partial charge in [-0.3, -0.25) is 0 Å². The van der Waals surface area contributed by atoms with E-state index in [1.54, 1.807) is 35.2 Å². The minimum atomic E-state index is 0.380. The molecule has 0 saturated heterocycles. The summed E-state index contributed by atoms with van der Waals surface area (Å²) in [6.07, 6.45) is 0. The topological polar surface area (TPSA) is 65.0 Å². The minimum absolute atomic E-state index is 0.380. The zero-order valence-electron chi connectivity index (χ0n) is 11.0. The minimum Gasteiger partial charge on any atom is -0.444 e. The van der Waals surface area contributed by atoms with Crippen LogP contribution in [-0.2, 0) is 5.75 Å². The number of benzene rings is 1. The highest BCUT2D eigenvalue weighted by Crippen LogP contribution is 2.32. The Morgan fingerprint density at radius 3 is 2.82 bits per heavy atom. The summed E-state index contributed by atoms with van der Waals surface area (Å²) in [4.78, 5) is 4.56. The fourth-order valence-corrected chi connectivity index (χ4v) is 4.09. The third-order valence-corrected chi connectivity index (χ3v) is 5.43. The van der Waals surface area contributed by atoms with Crippen LogP contribution < -0.4 is 0 Å². The van der Waals surface area contributed by atoms with E-state index < -0.39 is 0 Å². The molecule has 4 aromatic rings. The molecule has 0 bridgehead atoms. The molecule has 3 heterocycles. The summed E-state index contributed by atoms with van der Waals surface area (Å²) >= 11 is 6.49. The van der Waals surface area contributed by atoms with Gasteiger partial charge in [0.25, 0.3) is 5.89 Å². The normalized spacial score (nSPS) is 11.3. The third-order valence-electron chi connectivity index (χ3n) is 2.84. The van der Waals surface area contributed by atoms with Crippen molar-refractivity contribution in [1.82, 2.24) is 15.2 Å². The van der Waals surface area contributed by atoms with Gasteiger partial charge in [-0.1, -0.05) is 23.9 Å². The van der Waals surface area contributed by atoms with Gasteiger partial charge in [-0.15, -0.1) is 21.5 Å². The maximum Gasteiger partial charge on any atom is 0.283 e. The van der Waals surface area contributed by atoms with Crippen molar-refractivity contribution in [3.8, 4) is 11.7 Å². The summed E-state index contributed by atoms with van der Waals surface area (Å²) in [7, 11) is 0. The molecular formula is C14H8BrN3O2S2. The largest absolute Gasteiger partial charge is 0.444 e. The fourth-order valence-electron chi connectivity index (χ4n) is 1.88. The second kappa shape index (κ2) is 5.86. The molecule has 3 aromatic heterocycles. The molecule has 0 aliphatic carbocycles. The summed E-state index contributed by atoms with van der Waals surface area (Å²) in [5.41, 5.74) is 1.02. The first-order valence-corrected chi connectivity index (χ1v) is 8.94. The molecule has 8 heteroatoms. The Hall–Kier alpha value is -1.64. The Bertz CT molecular complexity index is 898. The monoisotopic (exact) mass is 393 g/mol. The van der Waals surface area contributed by atoms with E-state index in [0.29, 0.717) is 28.0 Å². The third kappa shape index (κ3) is 2.81. The molecule has 110 valence electrons. The number of furan rings is 1. The molecule has 0 unspecified atom stereocenters. The van der Waals surface area contributed by atoms with Crippen molar-refractivity contribution >= 4 is 49.2 Å². The van der Waals surface area contributed by atoms with Crippen LogP contribution in [0.1, 0.15) is 5.89 Å². The van der Waals surface area contributed by atoms with Gasteiger partial charge in [-0.2, -0.15) is 0 Å². The van der Waals surface area contributed by atoms with Crippen LogP contribution in [-0.4, -0.2) is 15.2 Å². The maximum atomic E-state index is 5.60. The average molecular weight is 394 g/mol. The average Bonchev–Trinajstić information content (AvgIpc) is 3.23. The van der Waals surface area contributed by atoms with Crippen molar-refractivity contribution in [2.45, 2.75) is 10.1 Å². The number of thiazole rings is 1. The summed E-state index contributed by atoms with van der Waals surface area (Å²) in [6, 6.07) is 11.6. The molecule has 5 nitrogen and oxygen atoms in total. The van der Waals surface area contributed by atoms with Gasteiger partial charge >= 0.3 is 0 Å². The van der Waals surface area contributed by atoms with Gasteiger partial charge in [-0.25, -0.2) is 4.98 Å². The Balaban J connectivity index is 1.48. The van der Waals surface area contributed by atoms with Gasteiger partial charge in [0.05, 0.1) is 16.0 Å². The van der Waals surface area contributed by atoms with E-state index in [4.69, 9.17) is 8.83 Å². The molecule has 0 N–H and O–H groups in total. The van der Waals surface area contributed by atoms with Crippen molar-refractivity contribution in [1.29, 1.82) is 0 Å². The van der Waals surface area contributed by atoms with Crippen LogP contribution in [0, 0.1) is 0 Å². The smallest absolute Gasteiger partial charge is 0.283 e. The molecule has 22 heavy (non-hydrogen) atoms. The predicted octanol–water partition coefficient (Wildman–Crippen LogP) is 4.99. The molecule has 0 fully saturated rings. The number of rotatable bonds is 4. The molecule has 4 rings (SSSR count). The summed E-state index contributed by atoms with van der Waals surface area (Å²) in [6.45, 7) is 0. The highest BCUT2D eigenvalue weighted by molar-refractivity contribution is 9.10. The van der Waals surface area contributed by atoms with Crippen LogP contribution in [0.25, 0.3) is 21.9 Å². The lowest BCUT2D eigenvalue weighted by Gasteiger charge is -1.91. The molecule has 0 saturated carbocycles. The van der Waals surface area contributed by atoms with Crippen molar-refractivity contribution in [2.24, 2.45) is 0 Å². The predicted molar refractivity (Wildman–Crippen MR) is 88.9 cm³/mol. The second-order valence-electron chi connectivity index (χ2n) is 4.34. The molecule has 0 spiro atoms. The number of halogens is 1. The quantitative estimate of drug-likeness (QED) is 0.454. The fraction of sp³-hybridized carbons (Fsp3) is 0.0714.